The van der Waals surface area contributed by atoms with Gasteiger partial charge in [0.2, 0.25) is 0 Å². The Morgan fingerprint density at radius 1 is 1.16 bits per heavy atom. The first-order valence-corrected chi connectivity index (χ1v) is 7.93. The molecule has 0 amide bonds. The van der Waals surface area contributed by atoms with E-state index in [4.69, 9.17) is 9.47 Å². The lowest BCUT2D eigenvalue weighted by molar-refractivity contribution is 0.0465. The molecule has 5 nitrogen and oxygen atoms in total. The molecule has 0 aliphatic rings. The van der Waals surface area contributed by atoms with Gasteiger partial charge >= 0.3 is 5.97 Å². The van der Waals surface area contributed by atoms with E-state index in [9.17, 15) is 4.79 Å². The van der Waals surface area contributed by atoms with Crippen molar-refractivity contribution in [3.05, 3.63) is 35.5 Å². The number of esters is 1. The van der Waals surface area contributed by atoms with Crippen LogP contribution in [0.4, 0.5) is 0 Å². The maximum atomic E-state index is 12.3. The average Bonchev–Trinajstić information content (AvgIpc) is 2.57. The van der Waals surface area contributed by atoms with Crippen molar-refractivity contribution in [3.63, 3.8) is 0 Å². The van der Waals surface area contributed by atoms with Crippen LogP contribution in [0.5, 0.6) is 5.75 Å². The third-order valence-electron chi connectivity index (χ3n) is 3.97. The highest BCUT2D eigenvalue weighted by Crippen LogP contribution is 2.22. The van der Waals surface area contributed by atoms with Gasteiger partial charge in [0, 0.05) is 11.9 Å². The first-order chi connectivity index (χ1) is 11.1. The van der Waals surface area contributed by atoms with Crippen LogP contribution in [0.3, 0.4) is 0 Å². The maximum absolute atomic E-state index is 12.3. The Balaban J connectivity index is 0.00000288. The van der Waals surface area contributed by atoms with Gasteiger partial charge in [-0.05, 0) is 44.3 Å². The zero-order valence-electron chi connectivity index (χ0n) is 15.1. The summed E-state index contributed by atoms with van der Waals surface area (Å²) in [6.45, 7) is 9.04. The monoisotopic (exact) mass is 388 g/mol. The molecule has 140 valence electrons. The smallest absolute Gasteiger partial charge is 0.340 e. The lowest BCUT2D eigenvalue weighted by atomic mass is 10.1. The number of carbonyl (C=O) groups excluding carboxylic acids is 1. The predicted molar refractivity (Wildman–Crippen MR) is 106 cm³/mol. The number of carbonyl (C=O) groups is 1. The molecule has 25 heavy (non-hydrogen) atoms. The molecular formula is C18H26Cl2N2O3. The Morgan fingerprint density at radius 2 is 1.84 bits per heavy atom. The highest BCUT2D eigenvalue weighted by Gasteiger charge is 2.14. The van der Waals surface area contributed by atoms with E-state index in [1.54, 1.807) is 7.11 Å². The van der Waals surface area contributed by atoms with Gasteiger partial charge in [0.05, 0.1) is 23.9 Å². The number of benzene rings is 1. The number of hydrogen-bond acceptors (Lipinski definition) is 5. The van der Waals surface area contributed by atoms with E-state index in [0.717, 1.165) is 36.3 Å². The van der Waals surface area contributed by atoms with E-state index < -0.39 is 0 Å². The first kappa shape index (κ1) is 23.4. The van der Waals surface area contributed by atoms with Gasteiger partial charge < -0.3 is 14.4 Å². The van der Waals surface area contributed by atoms with Gasteiger partial charge in [-0.2, -0.15) is 0 Å². The Labute approximate surface area is 161 Å². The molecule has 7 heteroatoms. The number of methoxy groups -OCH3 is 1. The van der Waals surface area contributed by atoms with E-state index >= 15 is 0 Å². The van der Waals surface area contributed by atoms with E-state index in [1.165, 1.54) is 0 Å². The van der Waals surface area contributed by atoms with Crippen LogP contribution in [0, 0.1) is 6.92 Å². The van der Waals surface area contributed by atoms with Crippen LogP contribution in [-0.2, 0) is 4.74 Å². The zero-order chi connectivity index (χ0) is 16.8. The predicted octanol–water partition coefficient (Wildman–Crippen LogP) is 3.89. The van der Waals surface area contributed by atoms with Crippen LogP contribution in [0.25, 0.3) is 10.9 Å². The lowest BCUT2D eigenvalue weighted by Crippen LogP contribution is -2.28. The summed E-state index contributed by atoms with van der Waals surface area (Å²) < 4.78 is 10.6. The summed E-state index contributed by atoms with van der Waals surface area (Å²) >= 11 is 0. The summed E-state index contributed by atoms with van der Waals surface area (Å²) in [5.41, 5.74) is 2.02. The molecule has 0 radical (unpaired) electrons. The number of hydrogen-bond donors (Lipinski definition) is 0. The Bertz CT molecular complexity index is 691. The zero-order valence-corrected chi connectivity index (χ0v) is 16.7. The largest absolute Gasteiger partial charge is 0.497 e. The Kier molecular flexibility index (Phi) is 10.4. The molecule has 2 aromatic rings. The normalized spacial score (nSPS) is 10.1. The summed E-state index contributed by atoms with van der Waals surface area (Å²) in [5, 5.41) is 0.866. The minimum atomic E-state index is -0.327. The number of nitrogens with zero attached hydrogens (tertiary/aromatic N) is 2. The van der Waals surface area contributed by atoms with E-state index in [1.807, 2.05) is 31.2 Å². The highest BCUT2D eigenvalue weighted by atomic mass is 35.5. The van der Waals surface area contributed by atoms with Crippen LogP contribution in [0.2, 0.25) is 0 Å². The van der Waals surface area contributed by atoms with E-state index in [2.05, 4.69) is 23.7 Å². The van der Waals surface area contributed by atoms with Crippen molar-refractivity contribution in [2.75, 3.05) is 33.4 Å². The number of fused-ring (bicyclic) bond motifs is 1. The van der Waals surface area contributed by atoms with E-state index in [0.29, 0.717) is 17.9 Å². The molecule has 0 unspecified atom stereocenters. The quantitative estimate of drug-likeness (QED) is 0.673. The van der Waals surface area contributed by atoms with Crippen LogP contribution < -0.4 is 4.74 Å². The summed E-state index contributed by atoms with van der Waals surface area (Å²) in [4.78, 5) is 19.0. The fourth-order valence-corrected chi connectivity index (χ4v) is 2.47. The van der Waals surface area contributed by atoms with Gasteiger partial charge in [-0.3, -0.25) is 4.98 Å². The third-order valence-corrected chi connectivity index (χ3v) is 3.97. The third kappa shape index (κ3) is 6.03. The van der Waals surface area contributed by atoms with Crippen molar-refractivity contribution < 1.29 is 14.3 Å². The number of rotatable bonds is 7. The molecule has 1 aromatic heterocycles. The second kappa shape index (κ2) is 11.1. The van der Waals surface area contributed by atoms with Crippen molar-refractivity contribution >= 4 is 41.7 Å². The Hall–Kier alpha value is -1.56. The topological polar surface area (TPSA) is 51.7 Å². The van der Waals surface area contributed by atoms with Crippen LogP contribution in [0.15, 0.2) is 24.3 Å². The molecule has 0 spiro atoms. The Morgan fingerprint density at radius 3 is 2.44 bits per heavy atom. The van der Waals surface area contributed by atoms with Crippen LogP contribution in [-0.4, -0.2) is 49.2 Å². The number of aromatic nitrogens is 1. The summed E-state index contributed by atoms with van der Waals surface area (Å²) in [6, 6.07) is 7.43. The molecular weight excluding hydrogens is 363 g/mol. The number of pyridine rings is 1. The minimum Gasteiger partial charge on any atom is -0.497 e. The SMILES string of the molecule is CCN(CC)CCOC(=O)c1cc2cc(OC)ccc2nc1C.Cl.Cl. The van der Waals surface area contributed by atoms with Crippen molar-refractivity contribution in [1.29, 1.82) is 0 Å². The summed E-state index contributed by atoms with van der Waals surface area (Å²) in [7, 11) is 1.62. The van der Waals surface area contributed by atoms with Crippen molar-refractivity contribution in [3.8, 4) is 5.75 Å². The van der Waals surface area contributed by atoms with Gasteiger partial charge in [-0.1, -0.05) is 13.8 Å². The first-order valence-electron chi connectivity index (χ1n) is 7.93. The van der Waals surface area contributed by atoms with Crippen LogP contribution >= 0.6 is 24.8 Å². The molecule has 0 saturated carbocycles. The molecule has 0 bridgehead atoms. The van der Waals surface area contributed by atoms with Gasteiger partial charge in [-0.25, -0.2) is 4.79 Å². The van der Waals surface area contributed by atoms with Gasteiger partial charge in [0.1, 0.15) is 12.4 Å². The minimum absolute atomic E-state index is 0. The molecule has 0 saturated heterocycles. The standard InChI is InChI=1S/C18H24N2O3.2ClH/c1-5-20(6-2)9-10-23-18(21)16-12-14-11-15(22-4)7-8-17(14)19-13(16)3;;/h7-8,11-12H,5-6,9-10H2,1-4H3;2*1H. The maximum Gasteiger partial charge on any atom is 0.340 e. The van der Waals surface area contributed by atoms with Crippen molar-refractivity contribution in [2.24, 2.45) is 0 Å². The molecule has 0 N–H and O–H groups in total. The second-order valence-corrected chi connectivity index (χ2v) is 5.34. The average molecular weight is 389 g/mol. The highest BCUT2D eigenvalue weighted by molar-refractivity contribution is 5.95. The number of ether oxygens (including phenoxy) is 2. The lowest BCUT2D eigenvalue weighted by Gasteiger charge is -2.17. The van der Waals surface area contributed by atoms with Crippen molar-refractivity contribution in [2.45, 2.75) is 20.8 Å². The van der Waals surface area contributed by atoms with Crippen LogP contribution in [0.1, 0.15) is 29.9 Å². The molecule has 1 heterocycles. The van der Waals surface area contributed by atoms with E-state index in [-0.39, 0.29) is 30.8 Å². The fourth-order valence-electron chi connectivity index (χ4n) is 2.47. The number of likely N-dealkylation sites (N-methyl/N-ethyl adjacent to an activating group) is 1. The second-order valence-electron chi connectivity index (χ2n) is 5.34. The molecule has 1 aromatic carbocycles. The number of aryl methyl sites for hydroxylation is 1. The summed E-state index contributed by atoms with van der Waals surface area (Å²) in [5.74, 6) is 0.413. The van der Waals surface area contributed by atoms with Gasteiger partial charge in [0.25, 0.3) is 0 Å². The molecule has 0 fully saturated rings. The van der Waals surface area contributed by atoms with Crippen molar-refractivity contribution in [1.82, 2.24) is 9.88 Å². The molecule has 0 atom stereocenters. The fraction of sp³-hybridized carbons (Fsp3) is 0.444. The summed E-state index contributed by atoms with van der Waals surface area (Å²) in [6.07, 6.45) is 0. The molecule has 0 aliphatic carbocycles. The van der Waals surface area contributed by atoms with Gasteiger partial charge in [-0.15, -0.1) is 24.8 Å². The molecule has 0 aliphatic heterocycles. The van der Waals surface area contributed by atoms with Gasteiger partial charge in [0.15, 0.2) is 0 Å². The number of halogens is 2. The molecule has 2 rings (SSSR count).